The van der Waals surface area contributed by atoms with Crippen LogP contribution in [0.4, 0.5) is 0 Å². The standard InChI is InChI=1S/C23H26N2O7S2/c1-30-21-4-2-19-17-23(7-3-18(19)16-21)33(26,27)24-10-13-32-20-5-8-22(9-6-20)34(28,29)25-11-14-31-15-12-25/h2-9,16-17,24H,10-15H2,1H3. The average Bonchev–Trinajstić information content (AvgIpc) is 2.86. The van der Waals surface area contributed by atoms with Crippen LogP contribution in [0.15, 0.2) is 70.5 Å². The lowest BCUT2D eigenvalue weighted by Crippen LogP contribution is -2.40. The van der Waals surface area contributed by atoms with Crippen LogP contribution in [0.25, 0.3) is 10.8 Å². The summed E-state index contributed by atoms with van der Waals surface area (Å²) in [6.07, 6.45) is 0. The Morgan fingerprint density at radius 1 is 0.853 bits per heavy atom. The maximum absolute atomic E-state index is 12.7. The molecular formula is C23H26N2O7S2. The SMILES string of the molecule is COc1ccc2cc(S(=O)(=O)NCCOc3ccc(S(=O)(=O)N4CCOCC4)cc3)ccc2c1. The third-order valence-electron chi connectivity index (χ3n) is 5.42. The second-order valence-electron chi connectivity index (χ2n) is 7.61. The Kier molecular flexibility index (Phi) is 7.39. The van der Waals surface area contributed by atoms with Crippen LogP contribution < -0.4 is 14.2 Å². The fourth-order valence-corrected chi connectivity index (χ4v) is 6.02. The van der Waals surface area contributed by atoms with Crippen LogP contribution >= 0.6 is 0 Å². The van der Waals surface area contributed by atoms with Crippen molar-refractivity contribution in [2.24, 2.45) is 0 Å². The lowest BCUT2D eigenvalue weighted by atomic mass is 10.1. The van der Waals surface area contributed by atoms with E-state index in [-0.39, 0.29) is 22.9 Å². The van der Waals surface area contributed by atoms with E-state index in [0.717, 1.165) is 10.8 Å². The molecule has 1 saturated heterocycles. The lowest BCUT2D eigenvalue weighted by molar-refractivity contribution is 0.0730. The van der Waals surface area contributed by atoms with Crippen LogP contribution in [-0.4, -0.2) is 67.7 Å². The third kappa shape index (κ3) is 5.50. The predicted molar refractivity (Wildman–Crippen MR) is 127 cm³/mol. The number of ether oxygens (including phenoxy) is 3. The molecule has 1 aliphatic heterocycles. The number of morpholine rings is 1. The molecule has 0 radical (unpaired) electrons. The molecule has 34 heavy (non-hydrogen) atoms. The summed E-state index contributed by atoms with van der Waals surface area (Å²) in [6.45, 7) is 1.54. The maximum atomic E-state index is 12.7. The molecule has 0 atom stereocenters. The van der Waals surface area contributed by atoms with Crippen molar-refractivity contribution in [3.05, 3.63) is 60.7 Å². The Hall–Kier alpha value is -2.70. The number of hydrogen-bond donors (Lipinski definition) is 1. The Morgan fingerprint density at radius 2 is 1.47 bits per heavy atom. The fourth-order valence-electron chi connectivity index (χ4n) is 3.57. The number of hydrogen-bond acceptors (Lipinski definition) is 7. The summed E-state index contributed by atoms with van der Waals surface area (Å²) in [5.41, 5.74) is 0. The molecule has 1 heterocycles. The van der Waals surface area contributed by atoms with E-state index >= 15 is 0 Å². The van der Waals surface area contributed by atoms with Crippen LogP contribution in [0.3, 0.4) is 0 Å². The molecular weight excluding hydrogens is 480 g/mol. The Bertz CT molecular complexity index is 1350. The number of nitrogens with one attached hydrogen (secondary N) is 1. The zero-order valence-corrected chi connectivity index (χ0v) is 20.3. The smallest absolute Gasteiger partial charge is 0.243 e. The summed E-state index contributed by atoms with van der Waals surface area (Å²) < 4.78 is 70.5. The summed E-state index contributed by atoms with van der Waals surface area (Å²) in [7, 11) is -5.71. The van der Waals surface area contributed by atoms with Crippen LogP contribution in [-0.2, 0) is 24.8 Å². The van der Waals surface area contributed by atoms with Crippen molar-refractivity contribution in [2.75, 3.05) is 46.6 Å². The van der Waals surface area contributed by atoms with Gasteiger partial charge in [0.15, 0.2) is 0 Å². The summed E-state index contributed by atoms with van der Waals surface area (Å²) >= 11 is 0. The van der Waals surface area contributed by atoms with Crippen LogP contribution in [0, 0.1) is 0 Å². The minimum atomic E-state index is -3.72. The number of sulfonamides is 2. The van der Waals surface area contributed by atoms with Crippen LogP contribution in [0.1, 0.15) is 0 Å². The Morgan fingerprint density at radius 3 is 2.18 bits per heavy atom. The van der Waals surface area contributed by atoms with Crippen molar-refractivity contribution < 1.29 is 31.0 Å². The van der Waals surface area contributed by atoms with Crippen molar-refractivity contribution in [1.29, 1.82) is 0 Å². The lowest BCUT2D eigenvalue weighted by Gasteiger charge is -2.26. The first-order chi connectivity index (χ1) is 16.3. The molecule has 3 aromatic rings. The van der Waals surface area contributed by atoms with Gasteiger partial charge in [-0.25, -0.2) is 21.6 Å². The van der Waals surface area contributed by atoms with E-state index < -0.39 is 20.0 Å². The topological polar surface area (TPSA) is 111 Å². The highest BCUT2D eigenvalue weighted by Crippen LogP contribution is 2.24. The minimum absolute atomic E-state index is 0.0524. The number of fused-ring (bicyclic) bond motifs is 1. The van der Waals surface area contributed by atoms with E-state index in [1.54, 1.807) is 49.6 Å². The molecule has 1 N–H and O–H groups in total. The largest absolute Gasteiger partial charge is 0.497 e. The highest BCUT2D eigenvalue weighted by atomic mass is 32.2. The van der Waals surface area contributed by atoms with Crippen LogP contribution in [0.2, 0.25) is 0 Å². The van der Waals surface area contributed by atoms with Gasteiger partial charge in [-0.3, -0.25) is 0 Å². The van der Waals surface area contributed by atoms with Gasteiger partial charge in [0.05, 0.1) is 30.1 Å². The molecule has 0 unspecified atom stereocenters. The third-order valence-corrected chi connectivity index (χ3v) is 8.80. The van der Waals surface area contributed by atoms with E-state index in [4.69, 9.17) is 14.2 Å². The predicted octanol–water partition coefficient (Wildman–Crippen LogP) is 2.23. The molecule has 1 aliphatic rings. The molecule has 9 nitrogen and oxygen atoms in total. The first kappa shape index (κ1) is 24.4. The summed E-state index contributed by atoms with van der Waals surface area (Å²) in [5.74, 6) is 1.14. The molecule has 3 aromatic carbocycles. The second-order valence-corrected chi connectivity index (χ2v) is 11.3. The maximum Gasteiger partial charge on any atom is 0.243 e. The highest BCUT2D eigenvalue weighted by molar-refractivity contribution is 7.89. The number of rotatable bonds is 9. The van der Waals surface area contributed by atoms with Crippen molar-refractivity contribution in [1.82, 2.24) is 9.03 Å². The molecule has 0 aromatic heterocycles. The van der Waals surface area contributed by atoms with Crippen molar-refractivity contribution in [2.45, 2.75) is 9.79 Å². The zero-order valence-electron chi connectivity index (χ0n) is 18.6. The quantitative estimate of drug-likeness (QED) is 0.443. The van der Waals surface area contributed by atoms with Gasteiger partial charge in [-0.15, -0.1) is 0 Å². The molecule has 0 saturated carbocycles. The van der Waals surface area contributed by atoms with Crippen molar-refractivity contribution in [3.8, 4) is 11.5 Å². The van der Waals surface area contributed by atoms with Gasteiger partial charge in [0.2, 0.25) is 20.0 Å². The zero-order chi connectivity index (χ0) is 24.2. The molecule has 1 fully saturated rings. The van der Waals surface area contributed by atoms with E-state index in [1.165, 1.54) is 16.4 Å². The Balaban J connectivity index is 1.32. The summed E-state index contributed by atoms with van der Waals surface area (Å²) in [5, 5.41) is 1.66. The van der Waals surface area contributed by atoms with Gasteiger partial charge in [-0.2, -0.15) is 4.31 Å². The van der Waals surface area contributed by atoms with Gasteiger partial charge in [0, 0.05) is 19.6 Å². The highest BCUT2D eigenvalue weighted by Gasteiger charge is 2.26. The minimum Gasteiger partial charge on any atom is -0.497 e. The molecule has 0 spiro atoms. The second kappa shape index (κ2) is 10.3. The van der Waals surface area contributed by atoms with E-state index in [9.17, 15) is 16.8 Å². The Labute approximate surface area is 199 Å². The monoisotopic (exact) mass is 506 g/mol. The number of nitrogens with zero attached hydrogens (tertiary/aromatic N) is 1. The molecule has 4 rings (SSSR count). The first-order valence-corrected chi connectivity index (χ1v) is 13.6. The van der Waals surface area contributed by atoms with E-state index in [0.29, 0.717) is 37.8 Å². The molecule has 0 amide bonds. The fraction of sp³-hybridized carbons (Fsp3) is 0.304. The molecule has 182 valence electrons. The van der Waals surface area contributed by atoms with Gasteiger partial charge in [-0.05, 0) is 59.3 Å². The van der Waals surface area contributed by atoms with Gasteiger partial charge in [0.1, 0.15) is 18.1 Å². The van der Waals surface area contributed by atoms with Crippen molar-refractivity contribution >= 4 is 30.8 Å². The van der Waals surface area contributed by atoms with Crippen molar-refractivity contribution in [3.63, 3.8) is 0 Å². The average molecular weight is 507 g/mol. The van der Waals surface area contributed by atoms with E-state index in [2.05, 4.69) is 4.72 Å². The molecule has 0 aliphatic carbocycles. The normalized spacial score (nSPS) is 15.3. The van der Waals surface area contributed by atoms with Crippen LogP contribution in [0.5, 0.6) is 11.5 Å². The van der Waals surface area contributed by atoms with Gasteiger partial charge in [-0.1, -0.05) is 12.1 Å². The molecule has 0 bridgehead atoms. The van der Waals surface area contributed by atoms with E-state index in [1.807, 2.05) is 6.07 Å². The first-order valence-electron chi connectivity index (χ1n) is 10.7. The van der Waals surface area contributed by atoms with Gasteiger partial charge >= 0.3 is 0 Å². The number of methoxy groups -OCH3 is 1. The molecule has 11 heteroatoms. The summed E-state index contributed by atoms with van der Waals surface area (Å²) in [6, 6.07) is 16.4. The summed E-state index contributed by atoms with van der Waals surface area (Å²) in [4.78, 5) is 0.333. The van der Waals surface area contributed by atoms with Gasteiger partial charge < -0.3 is 14.2 Å². The van der Waals surface area contributed by atoms with Gasteiger partial charge in [0.25, 0.3) is 0 Å². The number of benzene rings is 3.